The van der Waals surface area contributed by atoms with Gasteiger partial charge in [-0.25, -0.2) is 0 Å². The van der Waals surface area contributed by atoms with Crippen molar-refractivity contribution in [3.05, 3.63) is 57.6 Å². The van der Waals surface area contributed by atoms with E-state index in [4.69, 9.17) is 11.5 Å². The van der Waals surface area contributed by atoms with Gasteiger partial charge in [0.05, 0.1) is 0 Å². The molecule has 0 atom stereocenters. The molecule has 0 aromatic heterocycles. The Balaban J connectivity index is 1.42. The maximum absolute atomic E-state index is 15.4. The van der Waals surface area contributed by atoms with E-state index in [9.17, 15) is 0 Å². The van der Waals surface area contributed by atoms with Gasteiger partial charge in [-0.3, -0.25) is 0 Å². The van der Waals surface area contributed by atoms with Gasteiger partial charge in [-0.2, -0.15) is 35.1 Å². The van der Waals surface area contributed by atoms with Crippen LogP contribution in [-0.4, -0.2) is 11.8 Å². The molecular weight excluding hydrogens is 516 g/mol. The summed E-state index contributed by atoms with van der Waals surface area (Å²) in [4.78, 5) is 0. The first kappa shape index (κ1) is 25.7. The van der Waals surface area contributed by atoms with E-state index in [1.807, 2.05) is 0 Å². The third kappa shape index (κ3) is 3.79. The number of alkyl halides is 8. The molecule has 2 aromatic rings. The first-order valence-electron chi connectivity index (χ1n) is 13.1. The number of nitrogens with two attached hydrogens (primary N) is 2. The molecule has 0 aliphatic heterocycles. The number of benzene rings is 2. The molecule has 4 saturated carbocycles. The number of halogens is 8. The minimum absolute atomic E-state index is 0.191. The van der Waals surface area contributed by atoms with Gasteiger partial charge in [0.2, 0.25) is 0 Å². The van der Waals surface area contributed by atoms with Crippen molar-refractivity contribution >= 4 is 11.4 Å². The van der Waals surface area contributed by atoms with E-state index in [1.165, 1.54) is 0 Å². The molecule has 2 nitrogen and oxygen atoms in total. The summed E-state index contributed by atoms with van der Waals surface area (Å²) in [6, 6.07) is 2.78. The van der Waals surface area contributed by atoms with Crippen LogP contribution in [0.5, 0.6) is 0 Å². The SMILES string of the molecule is Nc1c(C2CC2)cc(C(F)(F)C(F)(F)C(F)(F)C(F)(F)c2cc(C3CC3)c(N)c(C3CC3)c2)cc1C1CC1. The van der Waals surface area contributed by atoms with Crippen LogP contribution < -0.4 is 11.5 Å². The quantitative estimate of drug-likeness (QED) is 0.246. The number of hydrogen-bond acceptors (Lipinski definition) is 2. The Morgan fingerprint density at radius 1 is 0.447 bits per heavy atom. The Labute approximate surface area is 214 Å². The highest BCUT2D eigenvalue weighted by atomic mass is 19.4. The first-order valence-corrected chi connectivity index (χ1v) is 13.1. The van der Waals surface area contributed by atoms with Crippen LogP contribution in [0.25, 0.3) is 0 Å². The zero-order valence-electron chi connectivity index (χ0n) is 20.5. The van der Waals surface area contributed by atoms with Gasteiger partial charge in [-0.1, -0.05) is 0 Å². The standard InChI is InChI=1S/C28H28F8N2/c29-25(30,17-9-19(13-1-2-13)23(37)20(10-17)14-3-4-14)27(33,34)28(35,36)26(31,32)18-11-21(15-5-6-15)24(38)22(12-18)16-7-8-16/h9-16H,1-8,37-38H2. The number of hydrogen-bond donors (Lipinski definition) is 2. The van der Waals surface area contributed by atoms with Crippen LogP contribution in [0.1, 0.15) is 108 Å². The highest BCUT2D eigenvalue weighted by molar-refractivity contribution is 5.62. The summed E-state index contributed by atoms with van der Waals surface area (Å²) in [5, 5.41) is 0. The van der Waals surface area contributed by atoms with Gasteiger partial charge in [0, 0.05) is 22.5 Å². The zero-order valence-corrected chi connectivity index (χ0v) is 20.5. The van der Waals surface area contributed by atoms with E-state index in [1.54, 1.807) is 0 Å². The van der Waals surface area contributed by atoms with Crippen LogP contribution in [0.15, 0.2) is 24.3 Å². The average molecular weight is 545 g/mol. The largest absolute Gasteiger partial charge is 0.398 e. The van der Waals surface area contributed by atoms with Crippen LogP contribution in [0, 0.1) is 0 Å². The molecule has 0 amide bonds. The molecule has 4 fully saturated rings. The van der Waals surface area contributed by atoms with Crippen molar-refractivity contribution in [3.8, 4) is 0 Å². The van der Waals surface area contributed by atoms with Crippen molar-refractivity contribution < 1.29 is 35.1 Å². The summed E-state index contributed by atoms with van der Waals surface area (Å²) < 4.78 is 123. The Kier molecular flexibility index (Phi) is 5.42. The Morgan fingerprint density at radius 3 is 0.842 bits per heavy atom. The van der Waals surface area contributed by atoms with Crippen molar-refractivity contribution in [1.29, 1.82) is 0 Å². The summed E-state index contributed by atoms with van der Waals surface area (Å²) >= 11 is 0. The lowest BCUT2D eigenvalue weighted by Crippen LogP contribution is -2.59. The van der Waals surface area contributed by atoms with E-state index in [2.05, 4.69) is 0 Å². The Hall–Kier alpha value is -2.52. The molecule has 2 aromatic carbocycles. The molecule has 38 heavy (non-hydrogen) atoms. The van der Waals surface area contributed by atoms with E-state index < -0.39 is 34.8 Å². The summed E-state index contributed by atoms with van der Waals surface area (Å²) in [6.45, 7) is 0. The summed E-state index contributed by atoms with van der Waals surface area (Å²) in [5.74, 6) is -25.0. The van der Waals surface area contributed by atoms with Gasteiger partial charge in [0.25, 0.3) is 0 Å². The van der Waals surface area contributed by atoms with E-state index in [0.29, 0.717) is 75.6 Å². The smallest absolute Gasteiger partial charge is 0.382 e. The monoisotopic (exact) mass is 544 g/mol. The number of anilines is 2. The molecular formula is C28H28F8N2. The third-order valence-electron chi connectivity index (χ3n) is 8.46. The Bertz CT molecular complexity index is 1120. The van der Waals surface area contributed by atoms with Crippen LogP contribution in [0.3, 0.4) is 0 Å². The maximum Gasteiger partial charge on any atom is 0.382 e. The maximum atomic E-state index is 15.4. The topological polar surface area (TPSA) is 52.0 Å². The summed E-state index contributed by atoms with van der Waals surface area (Å²) in [7, 11) is 0. The van der Waals surface area contributed by atoms with Gasteiger partial charge < -0.3 is 11.5 Å². The van der Waals surface area contributed by atoms with E-state index >= 15 is 35.1 Å². The van der Waals surface area contributed by atoms with Crippen LogP contribution in [-0.2, 0) is 11.8 Å². The summed E-state index contributed by atoms with van der Waals surface area (Å²) in [6.07, 6.45) is 4.76. The molecule has 206 valence electrons. The number of rotatable bonds is 9. The minimum Gasteiger partial charge on any atom is -0.398 e. The van der Waals surface area contributed by atoms with Crippen LogP contribution in [0.2, 0.25) is 0 Å². The third-order valence-corrected chi connectivity index (χ3v) is 8.46. The van der Waals surface area contributed by atoms with E-state index in [0.717, 1.165) is 0 Å². The van der Waals surface area contributed by atoms with E-state index in [-0.39, 0.29) is 57.3 Å². The second kappa shape index (κ2) is 8.01. The lowest BCUT2D eigenvalue weighted by atomic mass is 9.86. The van der Waals surface area contributed by atoms with Crippen LogP contribution in [0.4, 0.5) is 46.5 Å². The zero-order chi connectivity index (χ0) is 27.4. The van der Waals surface area contributed by atoms with Gasteiger partial charge in [-0.15, -0.1) is 0 Å². The highest BCUT2D eigenvalue weighted by Crippen LogP contribution is 2.61. The first-order chi connectivity index (χ1) is 17.7. The predicted octanol–water partition coefficient (Wildman–Crippen LogP) is 8.52. The number of nitrogen functional groups attached to an aromatic ring is 2. The van der Waals surface area contributed by atoms with Crippen molar-refractivity contribution in [2.24, 2.45) is 0 Å². The highest BCUT2D eigenvalue weighted by Gasteiger charge is 2.81. The second-order valence-corrected chi connectivity index (χ2v) is 11.5. The molecule has 4 aliphatic carbocycles. The molecule has 0 saturated heterocycles. The predicted molar refractivity (Wildman–Crippen MR) is 127 cm³/mol. The normalized spacial score (nSPS) is 21.2. The second-order valence-electron chi connectivity index (χ2n) is 11.5. The molecule has 0 bridgehead atoms. The summed E-state index contributed by atoms with van der Waals surface area (Å²) in [5.41, 5.74) is 10.5. The van der Waals surface area contributed by atoms with Crippen molar-refractivity contribution in [2.75, 3.05) is 11.5 Å². The molecule has 4 N–H and O–H groups in total. The Morgan fingerprint density at radius 2 is 0.658 bits per heavy atom. The van der Waals surface area contributed by atoms with Crippen LogP contribution >= 0.6 is 0 Å². The average Bonchev–Trinajstić information content (AvgIpc) is 3.70. The lowest BCUT2D eigenvalue weighted by Gasteiger charge is -2.37. The molecule has 0 unspecified atom stereocenters. The van der Waals surface area contributed by atoms with Crippen molar-refractivity contribution in [2.45, 2.75) is 98.7 Å². The van der Waals surface area contributed by atoms with Gasteiger partial charge >= 0.3 is 23.7 Å². The fourth-order valence-corrected chi connectivity index (χ4v) is 5.45. The van der Waals surface area contributed by atoms with Crippen molar-refractivity contribution in [1.82, 2.24) is 0 Å². The molecule has 10 heteroatoms. The van der Waals surface area contributed by atoms with Crippen molar-refractivity contribution in [3.63, 3.8) is 0 Å². The molecule has 0 spiro atoms. The minimum atomic E-state index is -6.41. The van der Waals surface area contributed by atoms with Gasteiger partial charge in [0.15, 0.2) is 0 Å². The lowest BCUT2D eigenvalue weighted by molar-refractivity contribution is -0.374. The van der Waals surface area contributed by atoms with Gasteiger partial charge in [-0.05, 0) is 122 Å². The molecule has 0 radical (unpaired) electrons. The fourth-order valence-electron chi connectivity index (χ4n) is 5.45. The molecule has 0 heterocycles. The fraction of sp³-hybridized carbons (Fsp3) is 0.571. The molecule has 6 rings (SSSR count). The molecule has 4 aliphatic rings. The van der Waals surface area contributed by atoms with Gasteiger partial charge in [0.1, 0.15) is 0 Å².